The molecule has 0 radical (unpaired) electrons. The molecule has 0 fully saturated rings. The molecule has 2 aromatic carbocycles. The van der Waals surface area contributed by atoms with E-state index >= 15 is 0 Å². The average Bonchev–Trinajstić information content (AvgIpc) is 3.42. The predicted molar refractivity (Wildman–Crippen MR) is 139 cm³/mol. The van der Waals surface area contributed by atoms with Crippen molar-refractivity contribution in [3.63, 3.8) is 0 Å². The number of nitrogens with zero attached hydrogens (tertiary/aromatic N) is 2. The van der Waals surface area contributed by atoms with Gasteiger partial charge in [0.2, 0.25) is 0 Å². The van der Waals surface area contributed by atoms with E-state index in [2.05, 4.69) is 16.8 Å². The first-order valence-electron chi connectivity index (χ1n) is 11.3. The molecule has 32 heavy (non-hydrogen) atoms. The number of ketones is 1. The van der Waals surface area contributed by atoms with Gasteiger partial charge in [0.05, 0.1) is 6.33 Å². The summed E-state index contributed by atoms with van der Waals surface area (Å²) < 4.78 is 1.91. The zero-order valence-corrected chi connectivity index (χ0v) is 20.5. The van der Waals surface area contributed by atoms with Crippen LogP contribution in [0.5, 0.6) is 0 Å². The fourth-order valence-electron chi connectivity index (χ4n) is 2.51. The van der Waals surface area contributed by atoms with Gasteiger partial charge < -0.3 is 10.3 Å². The second-order valence-corrected chi connectivity index (χ2v) is 5.92. The van der Waals surface area contributed by atoms with Gasteiger partial charge in [0.15, 0.2) is 5.78 Å². The molecule has 1 heterocycles. The molecule has 0 amide bonds. The third kappa shape index (κ3) is 9.49. The lowest BCUT2D eigenvalue weighted by molar-refractivity contribution is 0.0993. The maximum Gasteiger partial charge on any atom is 0.167 e. The van der Waals surface area contributed by atoms with Crippen LogP contribution < -0.4 is 5.73 Å². The maximum atomic E-state index is 12.7. The number of hydrogen-bond donors (Lipinski definition) is 1. The summed E-state index contributed by atoms with van der Waals surface area (Å²) in [5.74, 6) is 6.03. The summed E-state index contributed by atoms with van der Waals surface area (Å²) in [7, 11) is 0. The molecule has 2 N–H and O–H groups in total. The van der Waals surface area contributed by atoms with Crippen LogP contribution in [0.15, 0.2) is 79.0 Å². The van der Waals surface area contributed by atoms with Crippen LogP contribution >= 0.6 is 0 Å². The smallest absolute Gasteiger partial charge is 0.167 e. The Bertz CT molecular complexity index is 1010. The number of aromatic nitrogens is 2. The van der Waals surface area contributed by atoms with E-state index in [9.17, 15) is 4.79 Å². The molecular formula is C28H39N3O. The molecule has 0 atom stereocenters. The Kier molecular flexibility index (Phi) is 15.2. The molecule has 0 spiro atoms. The van der Waals surface area contributed by atoms with Crippen LogP contribution in [-0.2, 0) is 6.42 Å². The van der Waals surface area contributed by atoms with Gasteiger partial charge >= 0.3 is 0 Å². The fraction of sp³-hybridized carbons (Fsp3) is 0.286. The van der Waals surface area contributed by atoms with Gasteiger partial charge in [0.1, 0.15) is 0 Å². The fourth-order valence-corrected chi connectivity index (χ4v) is 2.51. The number of nitrogens with two attached hydrogens (primary N) is 1. The highest BCUT2D eigenvalue weighted by molar-refractivity contribution is 5.97. The number of imidazole rings is 1. The zero-order chi connectivity index (χ0) is 24.4. The van der Waals surface area contributed by atoms with E-state index in [1.807, 2.05) is 108 Å². The van der Waals surface area contributed by atoms with Crippen molar-refractivity contribution in [1.82, 2.24) is 9.55 Å². The summed E-state index contributed by atoms with van der Waals surface area (Å²) in [6, 6.07) is 15.3. The summed E-state index contributed by atoms with van der Waals surface area (Å²) in [5.41, 5.74) is 9.60. The standard InChI is InChI=1S/C22H19N3O.3C2H6.H2/c1-17(15-23)8-9-18-4-2-6-20(12-18)22(26)14-19-5-3-7-21(13-19)25-11-10-24-16-25;3*1-2;/h2-7,10-13,15-16H,14,23H2,1H3;3*1-2H3;1H/b17-15+;;;;/i;;;;1+2. The van der Waals surface area contributed by atoms with Crippen LogP contribution in [0.1, 0.15) is 71.4 Å². The molecule has 0 bridgehead atoms. The number of carbonyl (C=O) groups is 1. The van der Waals surface area contributed by atoms with Gasteiger partial charge in [0.25, 0.3) is 0 Å². The molecule has 0 aliphatic carbocycles. The van der Waals surface area contributed by atoms with Gasteiger partial charge in [-0.3, -0.25) is 4.79 Å². The molecule has 3 aromatic rings. The molecule has 1 aromatic heterocycles. The summed E-state index contributed by atoms with van der Waals surface area (Å²) in [6.45, 7) is 13.8. The van der Waals surface area contributed by atoms with Crippen LogP contribution in [0.2, 0.25) is 0 Å². The van der Waals surface area contributed by atoms with Crippen LogP contribution in [-0.4, -0.2) is 15.3 Å². The molecule has 0 aliphatic heterocycles. The van der Waals surface area contributed by atoms with Gasteiger partial charge in [-0.25, -0.2) is 4.98 Å². The second-order valence-electron chi connectivity index (χ2n) is 5.92. The van der Waals surface area contributed by atoms with Crippen molar-refractivity contribution >= 4 is 5.78 Å². The third-order valence-corrected chi connectivity index (χ3v) is 3.92. The highest BCUT2D eigenvalue weighted by atomic mass is 16.1. The topological polar surface area (TPSA) is 60.9 Å². The van der Waals surface area contributed by atoms with Crippen molar-refractivity contribution in [2.45, 2.75) is 54.9 Å². The number of hydrogen-bond acceptors (Lipinski definition) is 3. The van der Waals surface area contributed by atoms with Crippen molar-refractivity contribution in [1.29, 1.82) is 0 Å². The number of allylic oxidation sites excluding steroid dienone is 1. The van der Waals surface area contributed by atoms with E-state index < -0.39 is 0 Å². The molecule has 172 valence electrons. The maximum absolute atomic E-state index is 12.7. The molecule has 0 aliphatic rings. The average molecular weight is 436 g/mol. The molecule has 4 heteroatoms. The molecule has 0 saturated carbocycles. The summed E-state index contributed by atoms with van der Waals surface area (Å²) in [4.78, 5) is 16.7. The van der Waals surface area contributed by atoms with E-state index in [-0.39, 0.29) is 7.21 Å². The van der Waals surface area contributed by atoms with Gasteiger partial charge in [-0.1, -0.05) is 77.6 Å². The van der Waals surface area contributed by atoms with Gasteiger partial charge in [-0.05, 0) is 36.8 Å². The lowest BCUT2D eigenvalue weighted by atomic mass is 10.0. The third-order valence-electron chi connectivity index (χ3n) is 3.92. The normalized spacial score (nSPS) is 9.41. The van der Waals surface area contributed by atoms with Gasteiger partial charge in [-0.15, -0.1) is 0 Å². The molecule has 0 unspecified atom stereocenters. The Balaban J connectivity index is 0. The Morgan fingerprint density at radius 1 is 1.06 bits per heavy atom. The minimum absolute atomic E-state index is 0. The van der Waals surface area contributed by atoms with Gasteiger partial charge in [0, 0.05) is 48.8 Å². The first-order chi connectivity index (χ1) is 15.7. The predicted octanol–water partition coefficient (Wildman–Crippen LogP) is 6.84. The Morgan fingerprint density at radius 2 is 1.75 bits per heavy atom. The quantitative estimate of drug-likeness (QED) is 0.360. The van der Waals surface area contributed by atoms with E-state index in [1.165, 1.54) is 6.20 Å². The summed E-state index contributed by atoms with van der Waals surface area (Å²) >= 11 is 0. The van der Waals surface area contributed by atoms with E-state index in [0.29, 0.717) is 12.0 Å². The zero-order valence-electron chi connectivity index (χ0n) is 20.5. The van der Waals surface area contributed by atoms with E-state index in [0.717, 1.165) is 22.4 Å². The lowest BCUT2D eigenvalue weighted by Crippen LogP contribution is -2.04. The highest BCUT2D eigenvalue weighted by Gasteiger charge is 2.08. The monoisotopic (exact) mass is 435 g/mol. The van der Waals surface area contributed by atoms with Gasteiger partial charge in [-0.2, -0.15) is 0 Å². The van der Waals surface area contributed by atoms with Crippen LogP contribution in [0.3, 0.4) is 0 Å². The first kappa shape index (κ1) is 28.4. The van der Waals surface area contributed by atoms with Crippen molar-refractivity contribution in [2.24, 2.45) is 5.73 Å². The highest BCUT2D eigenvalue weighted by Crippen LogP contribution is 2.14. The first-order valence-corrected chi connectivity index (χ1v) is 11.3. The van der Waals surface area contributed by atoms with Crippen molar-refractivity contribution in [3.8, 4) is 17.5 Å². The summed E-state index contributed by atoms with van der Waals surface area (Å²) in [6.07, 6.45) is 7.14. The van der Waals surface area contributed by atoms with E-state index in [4.69, 9.17) is 5.73 Å². The van der Waals surface area contributed by atoms with Crippen molar-refractivity contribution < 1.29 is 6.22 Å². The van der Waals surface area contributed by atoms with Crippen molar-refractivity contribution in [2.75, 3.05) is 0 Å². The number of benzene rings is 2. The van der Waals surface area contributed by atoms with E-state index in [1.54, 1.807) is 12.5 Å². The minimum atomic E-state index is 0. The number of carbonyl (C=O) groups excluding carboxylic acids is 1. The van der Waals surface area contributed by atoms with Crippen LogP contribution in [0, 0.1) is 11.8 Å². The van der Waals surface area contributed by atoms with Crippen LogP contribution in [0.25, 0.3) is 5.69 Å². The number of Topliss-reactive ketones (excluding diaryl/α,β-unsaturated/α-hetero) is 1. The minimum Gasteiger partial charge on any atom is -0.404 e. The Labute approximate surface area is 195 Å². The SMILES string of the molecule is C/C(C#Cc1cccc(C(=O)Cc2cccc(-n3ccnc3)c2)c1)=C\N.CC.CC.CC.[3HH]. The largest absolute Gasteiger partial charge is 0.404 e. The Hall–Kier alpha value is -3.58. The molecular weight excluding hydrogens is 394 g/mol. The second kappa shape index (κ2) is 17.1. The Morgan fingerprint density at radius 3 is 2.38 bits per heavy atom. The molecule has 0 saturated heterocycles. The molecule has 3 rings (SSSR count). The molecule has 4 nitrogen and oxygen atoms in total. The van der Waals surface area contributed by atoms with Crippen molar-refractivity contribution in [3.05, 3.63) is 95.7 Å². The summed E-state index contributed by atoms with van der Waals surface area (Å²) in [5, 5.41) is 0. The van der Waals surface area contributed by atoms with Crippen LogP contribution in [0.4, 0.5) is 0 Å². The number of rotatable bonds is 4. The lowest BCUT2D eigenvalue weighted by Gasteiger charge is -2.06.